The number of carbonyl (C=O) groups is 1. The number of aromatic nitrogens is 4. The Labute approximate surface area is 169 Å². The number of ether oxygens (including phenoxy) is 1. The SMILES string of the molecule is Cc1cc(C)nc(-n2nc(C)cc2NC(=O)COc2ccc(Br)cc2Cl)n1. The molecule has 7 nitrogen and oxygen atoms in total. The molecule has 0 fully saturated rings. The maximum Gasteiger partial charge on any atom is 0.263 e. The van der Waals surface area contributed by atoms with Crippen molar-refractivity contribution >= 4 is 39.3 Å². The van der Waals surface area contributed by atoms with Crippen LogP contribution in [0.4, 0.5) is 5.82 Å². The predicted octanol–water partition coefficient (Wildman–Crippen LogP) is 4.02. The van der Waals surface area contributed by atoms with E-state index in [0.717, 1.165) is 21.6 Å². The van der Waals surface area contributed by atoms with Crippen LogP contribution >= 0.6 is 27.5 Å². The molecule has 1 N–H and O–H groups in total. The van der Waals surface area contributed by atoms with Crippen molar-refractivity contribution < 1.29 is 9.53 Å². The minimum absolute atomic E-state index is 0.195. The highest BCUT2D eigenvalue weighted by Gasteiger charge is 2.14. The Hall–Kier alpha value is -2.45. The van der Waals surface area contributed by atoms with Gasteiger partial charge in [-0.05, 0) is 45.0 Å². The van der Waals surface area contributed by atoms with Crippen LogP contribution in [0, 0.1) is 20.8 Å². The number of amides is 1. The Morgan fingerprint density at radius 1 is 1.15 bits per heavy atom. The molecule has 27 heavy (non-hydrogen) atoms. The van der Waals surface area contributed by atoms with Gasteiger partial charge in [-0.1, -0.05) is 27.5 Å². The number of hydrogen-bond donors (Lipinski definition) is 1. The maximum absolute atomic E-state index is 12.3. The quantitative estimate of drug-likeness (QED) is 0.635. The van der Waals surface area contributed by atoms with Gasteiger partial charge in [-0.15, -0.1) is 0 Å². The Bertz CT molecular complexity index is 985. The van der Waals surface area contributed by atoms with Gasteiger partial charge in [-0.2, -0.15) is 9.78 Å². The van der Waals surface area contributed by atoms with Crippen molar-refractivity contribution in [2.45, 2.75) is 20.8 Å². The summed E-state index contributed by atoms with van der Waals surface area (Å²) in [6.45, 7) is 5.39. The van der Waals surface area contributed by atoms with Gasteiger partial charge in [0.15, 0.2) is 6.61 Å². The van der Waals surface area contributed by atoms with Crippen molar-refractivity contribution in [2.75, 3.05) is 11.9 Å². The molecule has 9 heteroatoms. The van der Waals surface area contributed by atoms with Crippen LogP contribution in [0.1, 0.15) is 17.1 Å². The second kappa shape index (κ2) is 8.06. The van der Waals surface area contributed by atoms with Crippen molar-refractivity contribution in [3.63, 3.8) is 0 Å². The molecule has 0 aliphatic carbocycles. The van der Waals surface area contributed by atoms with E-state index in [2.05, 4.69) is 36.3 Å². The molecule has 0 unspecified atom stereocenters. The first-order chi connectivity index (χ1) is 12.8. The minimum Gasteiger partial charge on any atom is -0.482 e. The van der Waals surface area contributed by atoms with Crippen molar-refractivity contribution in [3.05, 3.63) is 56.9 Å². The smallest absolute Gasteiger partial charge is 0.263 e. The lowest BCUT2D eigenvalue weighted by molar-refractivity contribution is -0.118. The molecular formula is C18H17BrClN5O2. The first kappa shape index (κ1) is 19.3. The van der Waals surface area contributed by atoms with E-state index in [-0.39, 0.29) is 12.5 Å². The summed E-state index contributed by atoms with van der Waals surface area (Å²) in [6, 6.07) is 8.79. The molecule has 0 atom stereocenters. The Kier molecular flexibility index (Phi) is 5.76. The lowest BCUT2D eigenvalue weighted by Gasteiger charge is -2.10. The van der Waals surface area contributed by atoms with Gasteiger partial charge in [0.05, 0.1) is 10.7 Å². The van der Waals surface area contributed by atoms with Gasteiger partial charge in [-0.25, -0.2) is 9.97 Å². The zero-order valence-electron chi connectivity index (χ0n) is 15.0. The fraction of sp³-hybridized carbons (Fsp3) is 0.222. The van der Waals surface area contributed by atoms with Crippen molar-refractivity contribution in [1.82, 2.24) is 19.7 Å². The average molecular weight is 451 g/mol. The predicted molar refractivity (Wildman–Crippen MR) is 107 cm³/mol. The van der Waals surface area contributed by atoms with Crippen molar-refractivity contribution in [3.8, 4) is 11.7 Å². The molecule has 2 heterocycles. The zero-order chi connectivity index (χ0) is 19.6. The highest BCUT2D eigenvalue weighted by atomic mass is 79.9. The van der Waals surface area contributed by atoms with Crippen molar-refractivity contribution in [1.29, 1.82) is 0 Å². The third-order valence-electron chi connectivity index (χ3n) is 3.51. The molecule has 0 saturated heterocycles. The van der Waals surface area contributed by atoms with Crippen LogP contribution in [0.25, 0.3) is 5.95 Å². The van der Waals surface area contributed by atoms with Gasteiger partial charge in [-0.3, -0.25) is 4.79 Å². The fourth-order valence-electron chi connectivity index (χ4n) is 2.46. The molecule has 0 saturated carbocycles. The van der Waals surface area contributed by atoms with Gasteiger partial charge >= 0.3 is 0 Å². The van der Waals surface area contributed by atoms with E-state index >= 15 is 0 Å². The van der Waals surface area contributed by atoms with Gasteiger partial charge in [0.25, 0.3) is 11.9 Å². The molecule has 140 valence electrons. The third kappa shape index (κ3) is 4.84. The summed E-state index contributed by atoms with van der Waals surface area (Å²) >= 11 is 9.42. The van der Waals surface area contributed by atoms with Crippen LogP contribution < -0.4 is 10.1 Å². The van der Waals surface area contributed by atoms with Crippen LogP contribution in [-0.4, -0.2) is 32.3 Å². The van der Waals surface area contributed by atoms with Crippen LogP contribution in [0.2, 0.25) is 5.02 Å². The Morgan fingerprint density at radius 2 is 1.85 bits per heavy atom. The van der Waals surface area contributed by atoms with Gasteiger partial charge in [0.2, 0.25) is 0 Å². The monoisotopic (exact) mass is 449 g/mol. The van der Waals surface area contributed by atoms with Crippen LogP contribution in [0.15, 0.2) is 34.8 Å². The summed E-state index contributed by atoms with van der Waals surface area (Å²) in [5.74, 6) is 0.942. The first-order valence-electron chi connectivity index (χ1n) is 8.09. The number of nitrogens with one attached hydrogen (secondary N) is 1. The Balaban J connectivity index is 1.74. The lowest BCUT2D eigenvalue weighted by Crippen LogP contribution is -2.22. The highest BCUT2D eigenvalue weighted by Crippen LogP contribution is 2.27. The second-order valence-electron chi connectivity index (χ2n) is 5.95. The number of halogens is 2. The third-order valence-corrected chi connectivity index (χ3v) is 4.30. The van der Waals surface area contributed by atoms with Crippen LogP contribution in [0.3, 0.4) is 0 Å². The normalized spacial score (nSPS) is 10.7. The molecule has 1 aromatic carbocycles. The van der Waals surface area contributed by atoms with E-state index in [1.165, 1.54) is 4.68 Å². The molecule has 0 bridgehead atoms. The number of hydrogen-bond acceptors (Lipinski definition) is 5. The van der Waals surface area contributed by atoms with E-state index < -0.39 is 0 Å². The molecule has 3 rings (SSSR count). The van der Waals surface area contributed by atoms with Gasteiger partial charge < -0.3 is 10.1 Å². The number of anilines is 1. The minimum atomic E-state index is -0.348. The summed E-state index contributed by atoms with van der Waals surface area (Å²) < 4.78 is 7.82. The fourth-order valence-corrected chi connectivity index (χ4v) is 3.19. The average Bonchev–Trinajstić information content (AvgIpc) is 2.93. The van der Waals surface area contributed by atoms with E-state index in [4.69, 9.17) is 16.3 Å². The number of rotatable bonds is 5. The van der Waals surface area contributed by atoms with Crippen LogP contribution in [0.5, 0.6) is 5.75 Å². The van der Waals surface area contributed by atoms with E-state index in [0.29, 0.717) is 22.5 Å². The largest absolute Gasteiger partial charge is 0.482 e. The molecule has 3 aromatic rings. The summed E-state index contributed by atoms with van der Waals surface area (Å²) in [4.78, 5) is 21.1. The summed E-state index contributed by atoms with van der Waals surface area (Å²) in [5, 5.41) is 7.56. The van der Waals surface area contributed by atoms with E-state index in [1.807, 2.05) is 26.8 Å². The first-order valence-corrected chi connectivity index (χ1v) is 9.26. The molecule has 2 aromatic heterocycles. The lowest BCUT2D eigenvalue weighted by atomic mass is 10.3. The molecule has 1 amide bonds. The highest BCUT2D eigenvalue weighted by molar-refractivity contribution is 9.10. The second-order valence-corrected chi connectivity index (χ2v) is 7.27. The number of benzene rings is 1. The Morgan fingerprint density at radius 3 is 2.52 bits per heavy atom. The summed E-state index contributed by atoms with van der Waals surface area (Å²) in [7, 11) is 0. The van der Waals surface area contributed by atoms with Crippen LogP contribution in [-0.2, 0) is 4.79 Å². The van der Waals surface area contributed by atoms with E-state index in [1.54, 1.807) is 24.3 Å². The van der Waals surface area contributed by atoms with E-state index in [9.17, 15) is 4.79 Å². The summed E-state index contributed by atoms with van der Waals surface area (Å²) in [5.41, 5.74) is 2.36. The van der Waals surface area contributed by atoms with Crippen molar-refractivity contribution in [2.24, 2.45) is 0 Å². The maximum atomic E-state index is 12.3. The van der Waals surface area contributed by atoms with Gasteiger partial charge in [0.1, 0.15) is 11.6 Å². The zero-order valence-corrected chi connectivity index (χ0v) is 17.3. The number of nitrogens with zero attached hydrogens (tertiary/aromatic N) is 4. The number of carbonyl (C=O) groups excluding carboxylic acids is 1. The molecule has 0 aliphatic heterocycles. The van der Waals surface area contributed by atoms with Gasteiger partial charge in [0, 0.05) is 21.9 Å². The molecule has 0 radical (unpaired) electrons. The molecule has 0 spiro atoms. The molecular weight excluding hydrogens is 434 g/mol. The topological polar surface area (TPSA) is 81.9 Å². The standard InChI is InChI=1S/C18H17BrClN5O2/c1-10-6-11(2)22-18(21-10)25-16(7-12(3)24-25)23-17(26)9-27-15-5-4-13(19)8-14(15)20/h4-8H,9H2,1-3H3,(H,23,26). The molecule has 0 aliphatic rings. The summed E-state index contributed by atoms with van der Waals surface area (Å²) in [6.07, 6.45) is 0. The number of aryl methyl sites for hydroxylation is 3.